The second kappa shape index (κ2) is 7.34. The van der Waals surface area contributed by atoms with Crippen LogP contribution in [0.3, 0.4) is 0 Å². The Kier molecular flexibility index (Phi) is 6.44. The maximum absolute atomic E-state index is 12.0. The van der Waals surface area contributed by atoms with Crippen LogP contribution in [0, 0.1) is 0 Å². The number of nitrogens with zero attached hydrogens (tertiary/aromatic N) is 1. The molecule has 0 radical (unpaired) electrons. The van der Waals surface area contributed by atoms with Gasteiger partial charge in [0.15, 0.2) is 0 Å². The predicted octanol–water partition coefficient (Wildman–Crippen LogP) is 1.58. The molecule has 0 aromatic carbocycles. The van der Waals surface area contributed by atoms with Crippen molar-refractivity contribution in [1.29, 1.82) is 0 Å². The zero-order chi connectivity index (χ0) is 12.7. The fraction of sp³-hybridized carbons (Fsp3) is 1.00. The topological polar surface area (TPSA) is 49.4 Å². The molecule has 0 spiro atoms. The van der Waals surface area contributed by atoms with Crippen molar-refractivity contribution in [3.63, 3.8) is 0 Å². The first-order valence-corrected chi connectivity index (χ1v) is 8.43. The fourth-order valence-electron chi connectivity index (χ4n) is 2.00. The van der Waals surface area contributed by atoms with Crippen molar-refractivity contribution >= 4 is 10.0 Å². The summed E-state index contributed by atoms with van der Waals surface area (Å²) in [6.07, 6.45) is 4.93. The summed E-state index contributed by atoms with van der Waals surface area (Å²) < 4.78 is 25.8. The quantitative estimate of drug-likeness (QED) is 0.608. The number of rotatable bonds is 10. The van der Waals surface area contributed by atoms with Gasteiger partial charge in [-0.2, -0.15) is 4.31 Å². The molecule has 1 rings (SSSR count). The van der Waals surface area contributed by atoms with Gasteiger partial charge < -0.3 is 5.32 Å². The molecule has 0 unspecified atom stereocenters. The van der Waals surface area contributed by atoms with E-state index in [0.29, 0.717) is 18.3 Å². The average Bonchev–Trinajstić information content (AvgIpc) is 3.08. The highest BCUT2D eigenvalue weighted by atomic mass is 32.2. The van der Waals surface area contributed by atoms with E-state index < -0.39 is 10.0 Å². The monoisotopic (exact) mass is 262 g/mol. The first-order chi connectivity index (χ1) is 8.11. The smallest absolute Gasteiger partial charge is 0.214 e. The standard InChI is InChI=1S/C12H26N2O2S/c1-3-9-13-10-5-6-11-17(15,16)14(4-2)12-7-8-12/h12-13H,3-11H2,1-2H3. The van der Waals surface area contributed by atoms with Gasteiger partial charge in [-0.1, -0.05) is 13.8 Å². The maximum Gasteiger partial charge on any atom is 0.214 e. The van der Waals surface area contributed by atoms with Crippen molar-refractivity contribution in [2.24, 2.45) is 0 Å². The third-order valence-electron chi connectivity index (χ3n) is 3.06. The summed E-state index contributed by atoms with van der Waals surface area (Å²) in [5.74, 6) is 0.311. The first kappa shape index (κ1) is 14.9. The van der Waals surface area contributed by atoms with Crippen LogP contribution in [0.15, 0.2) is 0 Å². The number of sulfonamides is 1. The Morgan fingerprint density at radius 2 is 1.88 bits per heavy atom. The van der Waals surface area contributed by atoms with E-state index in [1.165, 1.54) is 0 Å². The predicted molar refractivity (Wildman–Crippen MR) is 71.6 cm³/mol. The molecule has 0 heterocycles. The Labute approximate surface area is 106 Å². The molecule has 1 N–H and O–H groups in total. The van der Waals surface area contributed by atoms with Crippen LogP contribution in [0.5, 0.6) is 0 Å². The highest BCUT2D eigenvalue weighted by molar-refractivity contribution is 7.89. The molecule has 4 nitrogen and oxygen atoms in total. The molecule has 0 amide bonds. The molecule has 1 saturated carbocycles. The Morgan fingerprint density at radius 3 is 2.41 bits per heavy atom. The minimum Gasteiger partial charge on any atom is -0.317 e. The van der Waals surface area contributed by atoms with Crippen LogP contribution >= 0.6 is 0 Å². The fourth-order valence-corrected chi connectivity index (χ4v) is 3.86. The van der Waals surface area contributed by atoms with Crippen molar-refractivity contribution < 1.29 is 8.42 Å². The number of hydrogen-bond acceptors (Lipinski definition) is 3. The molecule has 17 heavy (non-hydrogen) atoms. The summed E-state index contributed by atoms with van der Waals surface area (Å²) in [5.41, 5.74) is 0. The van der Waals surface area contributed by atoms with E-state index in [2.05, 4.69) is 12.2 Å². The summed E-state index contributed by atoms with van der Waals surface area (Å²) >= 11 is 0. The molecule has 5 heteroatoms. The molecule has 0 saturated heterocycles. The van der Waals surface area contributed by atoms with Gasteiger partial charge in [0.1, 0.15) is 0 Å². The normalized spacial score (nSPS) is 16.6. The second-order valence-electron chi connectivity index (χ2n) is 4.71. The van der Waals surface area contributed by atoms with Crippen LogP contribution in [0.4, 0.5) is 0 Å². The van der Waals surface area contributed by atoms with Gasteiger partial charge in [0.25, 0.3) is 0 Å². The second-order valence-corrected chi connectivity index (χ2v) is 6.75. The summed E-state index contributed by atoms with van der Waals surface area (Å²) in [6.45, 7) is 6.64. The molecule has 1 aliphatic carbocycles. The lowest BCUT2D eigenvalue weighted by Gasteiger charge is -2.19. The van der Waals surface area contributed by atoms with Crippen molar-refractivity contribution in [2.45, 2.75) is 52.0 Å². The Morgan fingerprint density at radius 1 is 1.18 bits per heavy atom. The van der Waals surface area contributed by atoms with Gasteiger partial charge in [0.2, 0.25) is 10.0 Å². The highest BCUT2D eigenvalue weighted by Gasteiger charge is 2.35. The van der Waals surface area contributed by atoms with Gasteiger partial charge in [0, 0.05) is 12.6 Å². The zero-order valence-electron chi connectivity index (χ0n) is 11.1. The number of unbranched alkanes of at least 4 members (excludes halogenated alkanes) is 1. The lowest BCUT2D eigenvalue weighted by Crippen LogP contribution is -2.34. The van der Waals surface area contributed by atoms with Gasteiger partial charge in [-0.15, -0.1) is 0 Å². The zero-order valence-corrected chi connectivity index (χ0v) is 11.9. The number of hydrogen-bond donors (Lipinski definition) is 1. The molecular weight excluding hydrogens is 236 g/mol. The molecule has 0 aliphatic heterocycles. The van der Waals surface area contributed by atoms with Gasteiger partial charge in [-0.05, 0) is 45.2 Å². The van der Waals surface area contributed by atoms with Crippen LogP contribution in [0.1, 0.15) is 46.0 Å². The Balaban J connectivity index is 2.19. The third kappa shape index (κ3) is 5.36. The van der Waals surface area contributed by atoms with Gasteiger partial charge in [-0.3, -0.25) is 0 Å². The summed E-state index contributed by atoms with van der Waals surface area (Å²) in [6, 6.07) is 0.309. The van der Waals surface area contributed by atoms with Crippen LogP contribution in [0.25, 0.3) is 0 Å². The van der Waals surface area contributed by atoms with E-state index in [1.807, 2.05) is 6.92 Å². The first-order valence-electron chi connectivity index (χ1n) is 6.82. The summed E-state index contributed by atoms with van der Waals surface area (Å²) in [4.78, 5) is 0. The Bertz CT molecular complexity index is 300. The van der Waals surface area contributed by atoms with E-state index in [9.17, 15) is 8.42 Å². The van der Waals surface area contributed by atoms with E-state index in [-0.39, 0.29) is 0 Å². The van der Waals surface area contributed by atoms with Crippen molar-refractivity contribution in [3.05, 3.63) is 0 Å². The molecule has 0 aromatic heterocycles. The van der Waals surface area contributed by atoms with Gasteiger partial charge in [-0.25, -0.2) is 8.42 Å². The van der Waals surface area contributed by atoms with E-state index >= 15 is 0 Å². The van der Waals surface area contributed by atoms with Crippen molar-refractivity contribution in [3.8, 4) is 0 Å². The Hall–Kier alpha value is -0.130. The summed E-state index contributed by atoms with van der Waals surface area (Å²) in [7, 11) is -3.00. The SMILES string of the molecule is CCCNCCCCS(=O)(=O)N(CC)C1CC1. The molecule has 0 bridgehead atoms. The molecular formula is C12H26N2O2S. The molecule has 102 valence electrons. The number of nitrogens with one attached hydrogen (secondary N) is 1. The van der Waals surface area contributed by atoms with Crippen LogP contribution < -0.4 is 5.32 Å². The molecule has 0 aromatic rings. The minimum atomic E-state index is -3.00. The van der Waals surface area contributed by atoms with E-state index in [4.69, 9.17) is 0 Å². The van der Waals surface area contributed by atoms with Crippen LogP contribution in [0.2, 0.25) is 0 Å². The summed E-state index contributed by atoms with van der Waals surface area (Å²) in [5, 5.41) is 3.29. The van der Waals surface area contributed by atoms with Crippen LogP contribution in [-0.2, 0) is 10.0 Å². The molecule has 0 atom stereocenters. The van der Waals surface area contributed by atoms with Crippen molar-refractivity contribution in [2.75, 3.05) is 25.4 Å². The van der Waals surface area contributed by atoms with Crippen molar-refractivity contribution in [1.82, 2.24) is 9.62 Å². The highest BCUT2D eigenvalue weighted by Crippen LogP contribution is 2.29. The largest absolute Gasteiger partial charge is 0.317 e. The maximum atomic E-state index is 12.0. The van der Waals surface area contributed by atoms with E-state index in [0.717, 1.165) is 45.2 Å². The lowest BCUT2D eigenvalue weighted by molar-refractivity contribution is 0.419. The molecule has 1 fully saturated rings. The van der Waals surface area contributed by atoms with E-state index in [1.54, 1.807) is 4.31 Å². The molecule has 1 aliphatic rings. The van der Waals surface area contributed by atoms with Crippen LogP contribution in [-0.4, -0.2) is 44.2 Å². The third-order valence-corrected chi connectivity index (χ3v) is 5.13. The minimum absolute atomic E-state index is 0.309. The van der Waals surface area contributed by atoms with Gasteiger partial charge in [0.05, 0.1) is 5.75 Å². The lowest BCUT2D eigenvalue weighted by atomic mass is 10.3. The average molecular weight is 262 g/mol. The van der Waals surface area contributed by atoms with Gasteiger partial charge >= 0.3 is 0 Å².